The number of amides is 2. The molecule has 1 aliphatic rings. The van der Waals surface area contributed by atoms with Gasteiger partial charge in [0.2, 0.25) is 5.91 Å². The number of phenolic OH excluding ortho intramolecular Hbond substituents is 1. The molecule has 3 N–H and O–H groups in total. The lowest BCUT2D eigenvalue weighted by atomic mass is 10.1. The van der Waals surface area contributed by atoms with E-state index in [1.165, 1.54) is 17.0 Å². The van der Waals surface area contributed by atoms with Gasteiger partial charge in [-0.05, 0) is 31.0 Å². The maximum absolute atomic E-state index is 12.1. The molecule has 1 saturated heterocycles. The van der Waals surface area contributed by atoms with Gasteiger partial charge in [0.1, 0.15) is 11.8 Å². The molecule has 0 aromatic heterocycles. The lowest BCUT2D eigenvalue weighted by molar-refractivity contribution is -0.121. The van der Waals surface area contributed by atoms with Crippen LogP contribution in [0, 0.1) is 0 Å². The van der Waals surface area contributed by atoms with Crippen LogP contribution in [-0.4, -0.2) is 34.4 Å². The minimum absolute atomic E-state index is 0.0330. The van der Waals surface area contributed by atoms with E-state index in [0.717, 1.165) is 6.42 Å². The van der Waals surface area contributed by atoms with Crippen molar-refractivity contribution in [1.29, 1.82) is 0 Å². The highest BCUT2D eigenvalue weighted by atomic mass is 16.3. The normalized spacial score (nSPS) is 19.3. The quantitative estimate of drug-likeness (QED) is 0.780. The highest BCUT2D eigenvalue weighted by Crippen LogP contribution is 2.21. The number of benzene rings is 1. The number of aromatic hydroxyl groups is 1. The van der Waals surface area contributed by atoms with Crippen molar-refractivity contribution in [3.05, 3.63) is 29.8 Å². The summed E-state index contributed by atoms with van der Waals surface area (Å²) in [6.45, 7) is 0.530. The van der Waals surface area contributed by atoms with Crippen molar-refractivity contribution in [2.45, 2.75) is 18.9 Å². The molecule has 0 aliphatic carbocycles. The summed E-state index contributed by atoms with van der Waals surface area (Å²) in [5, 5.41) is 9.32. The number of nitrogens with two attached hydrogens (primary N) is 1. The summed E-state index contributed by atoms with van der Waals surface area (Å²) < 4.78 is 0. The maximum atomic E-state index is 12.1. The zero-order valence-electron chi connectivity index (χ0n) is 9.30. The monoisotopic (exact) mass is 234 g/mol. The Balaban J connectivity index is 2.23. The number of hydrogen-bond acceptors (Lipinski definition) is 3. The van der Waals surface area contributed by atoms with Crippen molar-refractivity contribution in [3.8, 4) is 5.75 Å². The SMILES string of the molecule is NC(=O)C1CCCN1C(=O)c1cccc(O)c1. The molecule has 0 spiro atoms. The summed E-state index contributed by atoms with van der Waals surface area (Å²) in [4.78, 5) is 24.8. The van der Waals surface area contributed by atoms with Gasteiger partial charge in [-0.15, -0.1) is 0 Å². The summed E-state index contributed by atoms with van der Waals surface area (Å²) in [6, 6.07) is 5.56. The zero-order valence-corrected chi connectivity index (χ0v) is 9.30. The Labute approximate surface area is 98.8 Å². The second-order valence-electron chi connectivity index (χ2n) is 4.11. The van der Waals surface area contributed by atoms with E-state index >= 15 is 0 Å². The Morgan fingerprint density at radius 1 is 1.41 bits per heavy atom. The molecule has 1 aliphatic heterocycles. The minimum Gasteiger partial charge on any atom is -0.508 e. The van der Waals surface area contributed by atoms with Crippen molar-refractivity contribution in [1.82, 2.24) is 4.90 Å². The number of primary amides is 1. The van der Waals surface area contributed by atoms with Gasteiger partial charge in [-0.1, -0.05) is 6.07 Å². The van der Waals surface area contributed by atoms with Gasteiger partial charge in [-0.3, -0.25) is 9.59 Å². The fraction of sp³-hybridized carbons (Fsp3) is 0.333. The van der Waals surface area contributed by atoms with Gasteiger partial charge in [0.05, 0.1) is 0 Å². The molecule has 0 radical (unpaired) electrons. The van der Waals surface area contributed by atoms with Crippen LogP contribution in [0.15, 0.2) is 24.3 Å². The maximum Gasteiger partial charge on any atom is 0.254 e. The van der Waals surface area contributed by atoms with Crippen LogP contribution in [0.3, 0.4) is 0 Å². The third-order valence-corrected chi connectivity index (χ3v) is 2.94. The fourth-order valence-corrected chi connectivity index (χ4v) is 2.11. The molecular formula is C12H14N2O3. The van der Waals surface area contributed by atoms with Crippen molar-refractivity contribution in [3.63, 3.8) is 0 Å². The predicted octanol–water partition coefficient (Wildman–Crippen LogP) is 0.482. The zero-order chi connectivity index (χ0) is 12.4. The molecule has 1 heterocycles. The van der Waals surface area contributed by atoms with Crippen molar-refractivity contribution < 1.29 is 14.7 Å². The molecule has 0 saturated carbocycles. The molecule has 1 unspecified atom stereocenters. The van der Waals surface area contributed by atoms with Gasteiger partial charge >= 0.3 is 0 Å². The number of carbonyl (C=O) groups is 2. The number of rotatable bonds is 2. The Morgan fingerprint density at radius 3 is 2.82 bits per heavy atom. The van der Waals surface area contributed by atoms with Gasteiger partial charge < -0.3 is 15.7 Å². The largest absolute Gasteiger partial charge is 0.508 e. The first-order valence-corrected chi connectivity index (χ1v) is 5.49. The van der Waals surface area contributed by atoms with Crippen LogP contribution in [0.1, 0.15) is 23.2 Å². The first-order chi connectivity index (χ1) is 8.09. The van der Waals surface area contributed by atoms with E-state index in [1.54, 1.807) is 12.1 Å². The van der Waals surface area contributed by atoms with E-state index in [1.807, 2.05) is 0 Å². The van der Waals surface area contributed by atoms with Crippen LogP contribution in [0.2, 0.25) is 0 Å². The third-order valence-electron chi connectivity index (χ3n) is 2.94. The molecule has 1 fully saturated rings. The average molecular weight is 234 g/mol. The Bertz CT molecular complexity index is 459. The molecule has 90 valence electrons. The van der Waals surface area contributed by atoms with E-state index in [4.69, 9.17) is 5.73 Å². The number of hydrogen-bond donors (Lipinski definition) is 2. The summed E-state index contributed by atoms with van der Waals surface area (Å²) in [7, 11) is 0. The number of phenols is 1. The van der Waals surface area contributed by atoms with Crippen molar-refractivity contribution in [2.75, 3.05) is 6.54 Å². The van der Waals surface area contributed by atoms with Crippen LogP contribution in [0.25, 0.3) is 0 Å². The van der Waals surface area contributed by atoms with Crippen LogP contribution < -0.4 is 5.73 Å². The van der Waals surface area contributed by atoms with Gasteiger partial charge in [-0.2, -0.15) is 0 Å². The topological polar surface area (TPSA) is 83.6 Å². The predicted molar refractivity (Wildman–Crippen MR) is 61.4 cm³/mol. The first-order valence-electron chi connectivity index (χ1n) is 5.49. The minimum atomic E-state index is -0.523. The number of likely N-dealkylation sites (tertiary alicyclic amines) is 1. The molecule has 2 amide bonds. The summed E-state index contributed by atoms with van der Waals surface area (Å²) in [5.41, 5.74) is 5.62. The second-order valence-corrected chi connectivity index (χ2v) is 4.11. The molecule has 5 heteroatoms. The second kappa shape index (κ2) is 4.45. The van der Waals surface area contributed by atoms with Crippen LogP contribution >= 0.6 is 0 Å². The summed E-state index contributed by atoms with van der Waals surface area (Å²) in [6.07, 6.45) is 1.39. The van der Waals surface area contributed by atoms with E-state index in [2.05, 4.69) is 0 Å². The molecule has 1 atom stereocenters. The average Bonchev–Trinajstić information content (AvgIpc) is 2.77. The summed E-state index contributed by atoms with van der Waals surface area (Å²) in [5.74, 6) is -0.705. The fourth-order valence-electron chi connectivity index (χ4n) is 2.11. The number of nitrogens with zero attached hydrogens (tertiary/aromatic N) is 1. The lowest BCUT2D eigenvalue weighted by Crippen LogP contribution is -2.43. The molecule has 2 rings (SSSR count). The molecule has 1 aromatic rings. The van der Waals surface area contributed by atoms with E-state index in [0.29, 0.717) is 18.5 Å². The van der Waals surface area contributed by atoms with Gasteiger partial charge in [0, 0.05) is 12.1 Å². The van der Waals surface area contributed by atoms with Crippen molar-refractivity contribution in [2.24, 2.45) is 5.73 Å². The Hall–Kier alpha value is -2.04. The Kier molecular flexibility index (Phi) is 2.99. The number of carbonyl (C=O) groups excluding carboxylic acids is 2. The van der Waals surface area contributed by atoms with Crippen molar-refractivity contribution >= 4 is 11.8 Å². The van der Waals surface area contributed by atoms with E-state index < -0.39 is 11.9 Å². The van der Waals surface area contributed by atoms with Gasteiger partial charge in [0.15, 0.2) is 0 Å². The molecule has 17 heavy (non-hydrogen) atoms. The van der Waals surface area contributed by atoms with Gasteiger partial charge in [-0.25, -0.2) is 0 Å². The molecule has 0 bridgehead atoms. The molecule has 1 aromatic carbocycles. The highest BCUT2D eigenvalue weighted by Gasteiger charge is 2.33. The van der Waals surface area contributed by atoms with Crippen LogP contribution in [0.5, 0.6) is 5.75 Å². The highest BCUT2D eigenvalue weighted by molar-refractivity contribution is 5.97. The summed E-state index contributed by atoms with van der Waals surface area (Å²) >= 11 is 0. The van der Waals surface area contributed by atoms with Crippen LogP contribution in [-0.2, 0) is 4.79 Å². The standard InChI is InChI=1S/C12H14N2O3/c13-11(16)10-5-2-6-14(10)12(17)8-3-1-4-9(15)7-8/h1,3-4,7,10,15H,2,5-6H2,(H2,13,16). The molecular weight excluding hydrogens is 220 g/mol. The molecule has 5 nitrogen and oxygen atoms in total. The third kappa shape index (κ3) is 2.22. The Morgan fingerprint density at radius 2 is 2.18 bits per heavy atom. The first kappa shape index (κ1) is 11.4. The lowest BCUT2D eigenvalue weighted by Gasteiger charge is -2.22. The van der Waals surface area contributed by atoms with E-state index in [-0.39, 0.29) is 11.7 Å². The smallest absolute Gasteiger partial charge is 0.254 e. The van der Waals surface area contributed by atoms with Gasteiger partial charge in [0.25, 0.3) is 5.91 Å². The van der Waals surface area contributed by atoms with Crippen LogP contribution in [0.4, 0.5) is 0 Å². The van der Waals surface area contributed by atoms with E-state index in [9.17, 15) is 14.7 Å².